The summed E-state index contributed by atoms with van der Waals surface area (Å²) in [5.74, 6) is -0.664. The Kier molecular flexibility index (Phi) is 7.99. The van der Waals surface area contributed by atoms with Crippen LogP contribution in [0.3, 0.4) is 0 Å². The van der Waals surface area contributed by atoms with Crippen molar-refractivity contribution in [2.24, 2.45) is 5.92 Å². The molecule has 7 nitrogen and oxygen atoms in total. The average Bonchev–Trinajstić information content (AvgIpc) is 2.68. The fourth-order valence-corrected chi connectivity index (χ4v) is 3.59. The SMILES string of the molecule is CCOC(=O)[C@@H]1CCC[NH+]([C@@H](C)C(=O)N(C)CC(=O)Nc2ccc(C)cc2)C1. The minimum absolute atomic E-state index is 0.00830. The van der Waals surface area contributed by atoms with Gasteiger partial charge in [0.25, 0.3) is 5.91 Å². The highest BCUT2D eigenvalue weighted by molar-refractivity contribution is 5.94. The van der Waals surface area contributed by atoms with Gasteiger partial charge in [-0.05, 0) is 45.7 Å². The molecule has 1 unspecified atom stereocenters. The van der Waals surface area contributed by atoms with Gasteiger partial charge in [0.15, 0.2) is 6.04 Å². The van der Waals surface area contributed by atoms with Crippen LogP contribution in [0.4, 0.5) is 5.69 Å². The number of carbonyl (C=O) groups is 3. The van der Waals surface area contributed by atoms with Crippen molar-refractivity contribution in [1.29, 1.82) is 0 Å². The number of nitrogens with one attached hydrogen (secondary N) is 2. The Morgan fingerprint density at radius 2 is 1.96 bits per heavy atom. The second-order valence-electron chi connectivity index (χ2n) is 7.53. The maximum Gasteiger partial charge on any atom is 0.314 e. The molecule has 1 aliphatic rings. The smallest absolute Gasteiger partial charge is 0.314 e. The van der Waals surface area contributed by atoms with E-state index in [1.807, 2.05) is 38.1 Å². The summed E-state index contributed by atoms with van der Waals surface area (Å²) in [6.07, 6.45) is 1.69. The largest absolute Gasteiger partial charge is 0.466 e. The van der Waals surface area contributed by atoms with Crippen molar-refractivity contribution in [2.75, 3.05) is 38.6 Å². The van der Waals surface area contributed by atoms with Crippen molar-refractivity contribution in [3.05, 3.63) is 29.8 Å². The van der Waals surface area contributed by atoms with Gasteiger partial charge in [0, 0.05) is 12.7 Å². The van der Waals surface area contributed by atoms with Crippen LogP contribution >= 0.6 is 0 Å². The van der Waals surface area contributed by atoms with Gasteiger partial charge >= 0.3 is 5.97 Å². The Morgan fingerprint density at radius 1 is 1.29 bits per heavy atom. The van der Waals surface area contributed by atoms with Crippen LogP contribution in [0.2, 0.25) is 0 Å². The Hall–Kier alpha value is -2.41. The fourth-order valence-electron chi connectivity index (χ4n) is 3.59. The number of piperidine rings is 1. The van der Waals surface area contributed by atoms with Gasteiger partial charge in [-0.2, -0.15) is 0 Å². The Bertz CT molecular complexity index is 689. The lowest BCUT2D eigenvalue weighted by Gasteiger charge is -2.33. The van der Waals surface area contributed by atoms with Crippen molar-refractivity contribution in [3.63, 3.8) is 0 Å². The van der Waals surface area contributed by atoms with E-state index >= 15 is 0 Å². The Labute approximate surface area is 167 Å². The maximum absolute atomic E-state index is 12.8. The molecule has 2 rings (SSSR count). The van der Waals surface area contributed by atoms with Crippen LogP contribution in [0.15, 0.2) is 24.3 Å². The zero-order valence-electron chi connectivity index (χ0n) is 17.3. The Balaban J connectivity index is 1.87. The van der Waals surface area contributed by atoms with Crippen molar-refractivity contribution >= 4 is 23.5 Å². The van der Waals surface area contributed by atoms with E-state index in [1.165, 1.54) is 4.90 Å². The molecule has 1 aromatic carbocycles. The third kappa shape index (κ3) is 6.05. The molecule has 0 spiro atoms. The zero-order chi connectivity index (χ0) is 20.7. The van der Waals surface area contributed by atoms with E-state index in [-0.39, 0.29) is 36.3 Å². The minimum atomic E-state index is -0.311. The summed E-state index contributed by atoms with van der Waals surface area (Å²) >= 11 is 0. The number of likely N-dealkylation sites (tertiary alicyclic amines) is 1. The lowest BCUT2D eigenvalue weighted by Crippen LogP contribution is -3.18. The quantitative estimate of drug-likeness (QED) is 0.670. The first-order valence-electron chi connectivity index (χ1n) is 9.94. The topological polar surface area (TPSA) is 80.2 Å². The van der Waals surface area contributed by atoms with Gasteiger partial charge in [-0.25, -0.2) is 0 Å². The summed E-state index contributed by atoms with van der Waals surface area (Å²) in [7, 11) is 1.64. The molecule has 1 fully saturated rings. The molecular weight excluding hydrogens is 358 g/mol. The number of amides is 2. The number of esters is 1. The Morgan fingerprint density at radius 3 is 2.61 bits per heavy atom. The van der Waals surface area contributed by atoms with Gasteiger partial charge < -0.3 is 19.9 Å². The second kappa shape index (κ2) is 10.2. The van der Waals surface area contributed by atoms with Crippen LogP contribution in [0, 0.1) is 12.8 Å². The lowest BCUT2D eigenvalue weighted by atomic mass is 9.97. The summed E-state index contributed by atoms with van der Waals surface area (Å²) in [6, 6.07) is 7.21. The molecule has 7 heteroatoms. The van der Waals surface area contributed by atoms with Crippen LogP contribution < -0.4 is 10.2 Å². The zero-order valence-corrected chi connectivity index (χ0v) is 17.3. The van der Waals surface area contributed by atoms with E-state index in [0.717, 1.165) is 29.8 Å². The van der Waals surface area contributed by atoms with E-state index in [1.54, 1.807) is 14.0 Å². The van der Waals surface area contributed by atoms with E-state index in [4.69, 9.17) is 4.74 Å². The fraction of sp³-hybridized carbons (Fsp3) is 0.571. The standard InChI is InChI=1S/C21H31N3O4/c1-5-28-21(27)17-7-6-12-24(13-17)16(3)20(26)23(4)14-19(25)22-18-10-8-15(2)9-11-18/h8-11,16-17H,5-7,12-14H2,1-4H3,(H,22,25)/p+1/t16-,17+/m0/s1. The van der Waals surface area contributed by atoms with Crippen LogP contribution in [0.25, 0.3) is 0 Å². The van der Waals surface area contributed by atoms with Crippen molar-refractivity contribution in [3.8, 4) is 0 Å². The predicted octanol–water partition coefficient (Wildman–Crippen LogP) is 0.638. The number of hydrogen-bond donors (Lipinski definition) is 2. The third-order valence-electron chi connectivity index (χ3n) is 5.25. The van der Waals surface area contributed by atoms with Gasteiger partial charge in [-0.1, -0.05) is 17.7 Å². The summed E-state index contributed by atoms with van der Waals surface area (Å²) in [5, 5.41) is 2.81. The summed E-state index contributed by atoms with van der Waals surface area (Å²) in [5.41, 5.74) is 1.83. The highest BCUT2D eigenvalue weighted by Crippen LogP contribution is 2.11. The number of ether oxygens (including phenoxy) is 1. The van der Waals surface area contributed by atoms with Crippen molar-refractivity contribution in [2.45, 2.75) is 39.7 Å². The number of quaternary nitrogens is 1. The molecule has 0 aromatic heterocycles. The highest BCUT2D eigenvalue weighted by atomic mass is 16.5. The highest BCUT2D eigenvalue weighted by Gasteiger charge is 2.36. The first-order valence-corrected chi connectivity index (χ1v) is 9.94. The van der Waals surface area contributed by atoms with E-state index < -0.39 is 0 Å². The van der Waals surface area contributed by atoms with Gasteiger partial charge in [0.1, 0.15) is 5.92 Å². The molecule has 28 heavy (non-hydrogen) atoms. The lowest BCUT2D eigenvalue weighted by molar-refractivity contribution is -0.921. The van der Waals surface area contributed by atoms with E-state index in [2.05, 4.69) is 5.32 Å². The van der Waals surface area contributed by atoms with Crippen molar-refractivity contribution < 1.29 is 24.0 Å². The molecule has 1 aliphatic heterocycles. The summed E-state index contributed by atoms with van der Waals surface area (Å²) in [6.45, 7) is 7.44. The minimum Gasteiger partial charge on any atom is -0.466 e. The number of nitrogens with zero attached hydrogens (tertiary/aromatic N) is 1. The second-order valence-corrected chi connectivity index (χ2v) is 7.53. The molecule has 0 radical (unpaired) electrons. The number of rotatable bonds is 7. The predicted molar refractivity (Wildman–Crippen MR) is 107 cm³/mol. The molecule has 2 amide bonds. The van der Waals surface area contributed by atoms with Crippen LogP contribution in [-0.2, 0) is 19.1 Å². The number of likely N-dealkylation sites (N-methyl/N-ethyl adjacent to an activating group) is 1. The molecule has 3 atom stereocenters. The monoisotopic (exact) mass is 390 g/mol. The average molecular weight is 391 g/mol. The van der Waals surface area contributed by atoms with Gasteiger partial charge in [-0.15, -0.1) is 0 Å². The van der Waals surface area contributed by atoms with E-state index in [0.29, 0.717) is 18.8 Å². The number of aryl methyl sites for hydroxylation is 1. The first kappa shape index (κ1) is 21.9. The molecule has 2 N–H and O–H groups in total. The molecule has 0 saturated carbocycles. The molecule has 1 aromatic rings. The molecule has 0 bridgehead atoms. The molecule has 154 valence electrons. The number of carbonyl (C=O) groups excluding carboxylic acids is 3. The third-order valence-corrected chi connectivity index (χ3v) is 5.25. The molecular formula is C21H32N3O4+. The molecule has 1 heterocycles. The van der Waals surface area contributed by atoms with Crippen LogP contribution in [0.5, 0.6) is 0 Å². The van der Waals surface area contributed by atoms with Crippen LogP contribution in [0.1, 0.15) is 32.3 Å². The van der Waals surface area contributed by atoms with Crippen LogP contribution in [-0.4, -0.2) is 62.0 Å². The van der Waals surface area contributed by atoms with Gasteiger partial charge in [-0.3, -0.25) is 14.4 Å². The molecule has 0 aliphatic carbocycles. The van der Waals surface area contributed by atoms with Gasteiger partial charge in [0.05, 0.1) is 26.2 Å². The first-order chi connectivity index (χ1) is 13.3. The molecule has 1 saturated heterocycles. The van der Waals surface area contributed by atoms with E-state index in [9.17, 15) is 14.4 Å². The number of hydrogen-bond acceptors (Lipinski definition) is 4. The number of benzene rings is 1. The summed E-state index contributed by atoms with van der Waals surface area (Å²) in [4.78, 5) is 39.6. The normalized spacial score (nSPS) is 20.1. The van der Waals surface area contributed by atoms with Crippen molar-refractivity contribution in [1.82, 2.24) is 4.90 Å². The maximum atomic E-state index is 12.8. The summed E-state index contributed by atoms with van der Waals surface area (Å²) < 4.78 is 5.13. The van der Waals surface area contributed by atoms with Gasteiger partial charge in [0.2, 0.25) is 5.91 Å². The number of anilines is 1.